The largest absolute Gasteiger partial charge is 0.383 e. The van der Waals surface area contributed by atoms with Gasteiger partial charge in [-0.15, -0.1) is 0 Å². The molecule has 2 aromatic carbocycles. The molecule has 2 atom stereocenters. The molecule has 1 N–H and O–H groups in total. The molecule has 0 radical (unpaired) electrons. The molecule has 4 nitrogen and oxygen atoms in total. The summed E-state index contributed by atoms with van der Waals surface area (Å²) in [6, 6.07) is 8.98. The Hall–Kier alpha value is -2.67. The summed E-state index contributed by atoms with van der Waals surface area (Å²) in [7, 11) is 0. The molecule has 2 unspecified atom stereocenters. The lowest BCUT2D eigenvalue weighted by molar-refractivity contribution is -0.0389. The first kappa shape index (κ1) is 18.1. The van der Waals surface area contributed by atoms with Crippen LogP contribution in [-0.4, -0.2) is 19.9 Å². The van der Waals surface area contributed by atoms with Gasteiger partial charge in [-0.25, -0.2) is 22.8 Å². The Labute approximate surface area is 148 Å². The minimum absolute atomic E-state index is 0.0241. The first-order valence-corrected chi connectivity index (χ1v) is 8.13. The summed E-state index contributed by atoms with van der Waals surface area (Å²) in [4.78, 5) is 3.83. The van der Waals surface area contributed by atoms with Crippen molar-refractivity contribution in [1.29, 1.82) is 0 Å². The zero-order chi connectivity index (χ0) is 18.7. The van der Waals surface area contributed by atoms with Crippen LogP contribution >= 0.6 is 0 Å². The van der Waals surface area contributed by atoms with Crippen LogP contribution in [0.2, 0.25) is 0 Å². The Morgan fingerprint density at radius 3 is 2.38 bits per heavy atom. The maximum Gasteiger partial charge on any atom is 0.137 e. The third-order valence-electron chi connectivity index (χ3n) is 4.54. The minimum Gasteiger partial charge on any atom is -0.383 e. The molecule has 1 aromatic heterocycles. The van der Waals surface area contributed by atoms with Crippen LogP contribution in [0.4, 0.5) is 13.2 Å². The number of aromatic nitrogens is 3. The maximum atomic E-state index is 14.4. The van der Waals surface area contributed by atoms with Crippen molar-refractivity contribution in [3.63, 3.8) is 0 Å². The van der Waals surface area contributed by atoms with Crippen LogP contribution in [0.5, 0.6) is 0 Å². The van der Waals surface area contributed by atoms with Crippen molar-refractivity contribution >= 4 is 0 Å². The summed E-state index contributed by atoms with van der Waals surface area (Å²) in [6.45, 7) is 1.70. The average molecular weight is 361 g/mol. The standard InChI is InChI=1S/C19H18F3N3O/c1-13(8-14-2-4-15(20)5-3-14)19(26,10-25-12-23-11-24-25)17-7-6-16(21)9-18(17)22/h2-7,9,11-13,26H,8,10H2,1H3. The fraction of sp³-hybridized carbons (Fsp3) is 0.263. The van der Waals surface area contributed by atoms with E-state index in [1.54, 1.807) is 19.1 Å². The fourth-order valence-electron chi connectivity index (χ4n) is 3.05. The number of hydrogen-bond donors (Lipinski definition) is 1. The highest BCUT2D eigenvalue weighted by atomic mass is 19.1. The van der Waals surface area contributed by atoms with E-state index in [0.29, 0.717) is 6.42 Å². The Morgan fingerprint density at radius 1 is 1.08 bits per heavy atom. The van der Waals surface area contributed by atoms with Crippen molar-refractivity contribution in [2.75, 3.05) is 0 Å². The van der Waals surface area contributed by atoms with E-state index < -0.39 is 23.2 Å². The number of nitrogens with zero attached hydrogens (tertiary/aromatic N) is 3. The molecule has 1 heterocycles. The summed E-state index contributed by atoms with van der Waals surface area (Å²) >= 11 is 0. The average Bonchev–Trinajstić information content (AvgIpc) is 3.09. The normalized spacial score (nSPS) is 14.8. The van der Waals surface area contributed by atoms with Crippen LogP contribution in [0, 0.1) is 23.4 Å². The first-order valence-electron chi connectivity index (χ1n) is 8.13. The third-order valence-corrected chi connectivity index (χ3v) is 4.54. The summed E-state index contributed by atoms with van der Waals surface area (Å²) in [5, 5.41) is 15.4. The van der Waals surface area contributed by atoms with Crippen LogP contribution in [0.25, 0.3) is 0 Å². The molecule has 0 aliphatic carbocycles. The van der Waals surface area contributed by atoms with Gasteiger partial charge in [0.15, 0.2) is 0 Å². The highest BCUT2D eigenvalue weighted by Gasteiger charge is 2.39. The van der Waals surface area contributed by atoms with E-state index in [-0.39, 0.29) is 17.9 Å². The predicted molar refractivity (Wildman–Crippen MR) is 89.5 cm³/mol. The lowest BCUT2D eigenvalue weighted by atomic mass is 9.78. The predicted octanol–water partition coefficient (Wildman–Crippen LogP) is 3.46. The molecule has 3 aromatic rings. The number of aliphatic hydroxyl groups is 1. The second-order valence-electron chi connectivity index (χ2n) is 6.37. The summed E-state index contributed by atoms with van der Waals surface area (Å²) in [5.41, 5.74) is -0.901. The molecule has 0 amide bonds. The van der Waals surface area contributed by atoms with Gasteiger partial charge < -0.3 is 5.11 Å². The lowest BCUT2D eigenvalue weighted by Crippen LogP contribution is -2.40. The van der Waals surface area contributed by atoms with Crippen molar-refractivity contribution in [1.82, 2.24) is 14.8 Å². The highest BCUT2D eigenvalue weighted by molar-refractivity contribution is 5.27. The van der Waals surface area contributed by atoms with E-state index >= 15 is 0 Å². The number of hydrogen-bond acceptors (Lipinski definition) is 3. The van der Waals surface area contributed by atoms with Crippen molar-refractivity contribution in [3.8, 4) is 0 Å². The minimum atomic E-state index is -1.67. The van der Waals surface area contributed by atoms with Gasteiger partial charge >= 0.3 is 0 Å². The molecular formula is C19H18F3N3O. The van der Waals surface area contributed by atoms with E-state index in [1.807, 2.05) is 0 Å². The van der Waals surface area contributed by atoms with Gasteiger partial charge in [0.1, 0.15) is 35.7 Å². The Morgan fingerprint density at radius 2 is 1.77 bits per heavy atom. The number of benzene rings is 2. The summed E-state index contributed by atoms with van der Waals surface area (Å²) in [6.07, 6.45) is 3.09. The molecular weight excluding hydrogens is 343 g/mol. The van der Waals surface area contributed by atoms with Gasteiger partial charge in [0.2, 0.25) is 0 Å². The van der Waals surface area contributed by atoms with Gasteiger partial charge in [-0.05, 0) is 36.1 Å². The zero-order valence-corrected chi connectivity index (χ0v) is 14.1. The summed E-state index contributed by atoms with van der Waals surface area (Å²) in [5.74, 6) is -2.39. The molecule has 26 heavy (non-hydrogen) atoms. The monoisotopic (exact) mass is 361 g/mol. The van der Waals surface area contributed by atoms with E-state index in [0.717, 1.165) is 17.7 Å². The van der Waals surface area contributed by atoms with Crippen LogP contribution in [0.15, 0.2) is 55.1 Å². The SMILES string of the molecule is CC(Cc1ccc(F)cc1)C(O)(Cn1cncn1)c1ccc(F)cc1F. The molecule has 0 spiro atoms. The topological polar surface area (TPSA) is 50.9 Å². The van der Waals surface area contributed by atoms with Gasteiger partial charge in [0, 0.05) is 11.6 Å². The van der Waals surface area contributed by atoms with Crippen molar-refractivity contribution < 1.29 is 18.3 Å². The molecule has 0 fully saturated rings. The van der Waals surface area contributed by atoms with Gasteiger partial charge in [-0.3, -0.25) is 0 Å². The third kappa shape index (κ3) is 3.77. The van der Waals surface area contributed by atoms with Gasteiger partial charge in [-0.1, -0.05) is 25.1 Å². The Bertz CT molecular complexity index is 868. The van der Waals surface area contributed by atoms with Gasteiger partial charge in [0.25, 0.3) is 0 Å². The molecule has 0 saturated carbocycles. The second kappa shape index (κ2) is 7.29. The van der Waals surface area contributed by atoms with Gasteiger partial charge in [0.05, 0.1) is 6.54 Å². The Balaban J connectivity index is 1.97. The molecule has 0 aliphatic rings. The van der Waals surface area contributed by atoms with Crippen LogP contribution in [0.3, 0.4) is 0 Å². The first-order chi connectivity index (χ1) is 12.4. The van der Waals surface area contributed by atoms with Crippen LogP contribution < -0.4 is 0 Å². The lowest BCUT2D eigenvalue weighted by Gasteiger charge is -2.35. The van der Waals surface area contributed by atoms with E-state index in [2.05, 4.69) is 10.1 Å². The van der Waals surface area contributed by atoms with Gasteiger partial charge in [-0.2, -0.15) is 5.10 Å². The molecule has 0 aliphatic heterocycles. The molecule has 7 heteroatoms. The Kier molecular flexibility index (Phi) is 5.08. The fourth-order valence-corrected chi connectivity index (χ4v) is 3.05. The molecule has 136 valence electrons. The molecule has 3 rings (SSSR count). The molecule has 0 saturated heterocycles. The number of halogens is 3. The highest BCUT2D eigenvalue weighted by Crippen LogP contribution is 2.35. The van der Waals surface area contributed by atoms with Crippen LogP contribution in [-0.2, 0) is 18.6 Å². The number of rotatable bonds is 6. The maximum absolute atomic E-state index is 14.4. The van der Waals surface area contributed by atoms with Crippen molar-refractivity contribution in [3.05, 3.63) is 83.7 Å². The second-order valence-corrected chi connectivity index (χ2v) is 6.37. The molecule has 0 bridgehead atoms. The zero-order valence-electron chi connectivity index (χ0n) is 14.1. The van der Waals surface area contributed by atoms with E-state index in [4.69, 9.17) is 0 Å². The van der Waals surface area contributed by atoms with E-state index in [9.17, 15) is 18.3 Å². The van der Waals surface area contributed by atoms with Crippen molar-refractivity contribution in [2.45, 2.75) is 25.5 Å². The van der Waals surface area contributed by atoms with E-state index in [1.165, 1.54) is 35.5 Å². The smallest absolute Gasteiger partial charge is 0.137 e. The van der Waals surface area contributed by atoms with Crippen molar-refractivity contribution in [2.24, 2.45) is 5.92 Å². The summed E-state index contributed by atoms with van der Waals surface area (Å²) < 4.78 is 42.3. The quantitative estimate of drug-likeness (QED) is 0.732. The van der Waals surface area contributed by atoms with Crippen LogP contribution in [0.1, 0.15) is 18.1 Å².